The zero-order valence-corrected chi connectivity index (χ0v) is 11.1. The van der Waals surface area contributed by atoms with E-state index in [1.54, 1.807) is 11.6 Å². The largest absolute Gasteiger partial charge is 0.500 e. The molecule has 0 saturated heterocycles. The number of hydrazone groups is 1. The van der Waals surface area contributed by atoms with Crippen LogP contribution in [0.4, 0.5) is 10.8 Å². The number of phenols is 1. The second-order valence-corrected chi connectivity index (χ2v) is 4.45. The van der Waals surface area contributed by atoms with Crippen LogP contribution < -0.4 is 10.2 Å². The zero-order valence-electron chi connectivity index (χ0n) is 10.3. The number of anilines is 1. The zero-order chi connectivity index (χ0) is 14.5. The number of nitrogens with one attached hydrogen (secondary N) is 1. The van der Waals surface area contributed by atoms with Crippen molar-refractivity contribution in [1.29, 1.82) is 0 Å². The number of thiazole rings is 1. The molecule has 0 saturated carbocycles. The van der Waals surface area contributed by atoms with Gasteiger partial charge >= 0.3 is 5.69 Å². The summed E-state index contributed by atoms with van der Waals surface area (Å²) in [4.78, 5) is 14.1. The van der Waals surface area contributed by atoms with Gasteiger partial charge in [-0.15, -0.1) is 11.3 Å². The van der Waals surface area contributed by atoms with Crippen molar-refractivity contribution in [3.05, 3.63) is 39.4 Å². The van der Waals surface area contributed by atoms with Crippen molar-refractivity contribution in [1.82, 2.24) is 4.98 Å². The van der Waals surface area contributed by atoms with Crippen molar-refractivity contribution in [2.45, 2.75) is 0 Å². The molecule has 0 unspecified atom stereocenters. The van der Waals surface area contributed by atoms with Gasteiger partial charge in [0, 0.05) is 23.2 Å². The standard InChI is InChI=1S/C11H10N4O4S/c1-19-9-5-7(4-8(10(9)16)15(17)18)6-13-14-11-12-2-3-20-11/h2-6,16H,1H3,(H,12,14)/b13-6-. The Morgan fingerprint density at radius 3 is 3.00 bits per heavy atom. The highest BCUT2D eigenvalue weighted by Crippen LogP contribution is 2.36. The van der Waals surface area contributed by atoms with Gasteiger partial charge in [0.25, 0.3) is 0 Å². The van der Waals surface area contributed by atoms with Gasteiger partial charge in [0.15, 0.2) is 5.75 Å². The van der Waals surface area contributed by atoms with E-state index in [4.69, 9.17) is 4.74 Å². The normalized spacial score (nSPS) is 10.7. The predicted molar refractivity (Wildman–Crippen MR) is 74.6 cm³/mol. The summed E-state index contributed by atoms with van der Waals surface area (Å²) in [6.45, 7) is 0. The lowest BCUT2D eigenvalue weighted by Gasteiger charge is -2.04. The second kappa shape index (κ2) is 5.97. The molecule has 2 aromatic rings. The Labute approximate surface area is 117 Å². The summed E-state index contributed by atoms with van der Waals surface area (Å²) in [5.41, 5.74) is 2.65. The van der Waals surface area contributed by atoms with Crippen LogP contribution in [0, 0.1) is 10.1 Å². The first-order valence-corrected chi connectivity index (χ1v) is 6.23. The van der Waals surface area contributed by atoms with E-state index in [1.807, 2.05) is 0 Å². The van der Waals surface area contributed by atoms with Crippen LogP contribution in [0.5, 0.6) is 11.5 Å². The Hall–Kier alpha value is -2.68. The van der Waals surface area contributed by atoms with Gasteiger partial charge < -0.3 is 9.84 Å². The summed E-state index contributed by atoms with van der Waals surface area (Å²) >= 11 is 1.37. The topological polar surface area (TPSA) is 110 Å². The molecule has 8 nitrogen and oxygen atoms in total. The molecule has 0 amide bonds. The Morgan fingerprint density at radius 1 is 1.60 bits per heavy atom. The van der Waals surface area contributed by atoms with Gasteiger partial charge in [-0.25, -0.2) is 4.98 Å². The number of phenolic OH excluding ortho intramolecular Hbond substituents is 1. The number of methoxy groups -OCH3 is 1. The maximum Gasteiger partial charge on any atom is 0.315 e. The average Bonchev–Trinajstić information content (AvgIpc) is 2.93. The Balaban J connectivity index is 2.25. The van der Waals surface area contributed by atoms with E-state index in [0.29, 0.717) is 10.7 Å². The van der Waals surface area contributed by atoms with Crippen molar-refractivity contribution >= 4 is 28.4 Å². The molecule has 0 radical (unpaired) electrons. The van der Waals surface area contributed by atoms with Gasteiger partial charge in [0.1, 0.15) is 0 Å². The van der Waals surface area contributed by atoms with Crippen molar-refractivity contribution in [3.8, 4) is 11.5 Å². The summed E-state index contributed by atoms with van der Waals surface area (Å²) in [5, 5.41) is 26.7. The third-order valence-electron chi connectivity index (χ3n) is 2.30. The van der Waals surface area contributed by atoms with Gasteiger partial charge in [-0.3, -0.25) is 15.5 Å². The number of aromatic nitrogens is 1. The van der Waals surface area contributed by atoms with E-state index >= 15 is 0 Å². The summed E-state index contributed by atoms with van der Waals surface area (Å²) < 4.78 is 4.88. The summed E-state index contributed by atoms with van der Waals surface area (Å²) in [6, 6.07) is 2.64. The molecule has 9 heteroatoms. The number of ether oxygens (including phenoxy) is 1. The van der Waals surface area contributed by atoms with Crippen molar-refractivity contribution in [2.24, 2.45) is 5.10 Å². The minimum Gasteiger partial charge on any atom is -0.500 e. The Kier molecular flexibility index (Phi) is 4.11. The first kappa shape index (κ1) is 13.7. The maximum atomic E-state index is 10.8. The van der Waals surface area contributed by atoms with Crippen molar-refractivity contribution in [2.75, 3.05) is 12.5 Å². The third-order valence-corrected chi connectivity index (χ3v) is 2.98. The minimum atomic E-state index is -0.691. The quantitative estimate of drug-likeness (QED) is 0.497. The lowest BCUT2D eigenvalue weighted by atomic mass is 10.2. The molecule has 0 aliphatic heterocycles. The monoisotopic (exact) mass is 294 g/mol. The summed E-state index contributed by atoms with van der Waals surface area (Å²) in [5.74, 6) is -0.502. The average molecular weight is 294 g/mol. The molecular weight excluding hydrogens is 284 g/mol. The lowest BCUT2D eigenvalue weighted by Crippen LogP contribution is -1.96. The fraction of sp³-hybridized carbons (Fsp3) is 0.0909. The molecule has 20 heavy (non-hydrogen) atoms. The highest BCUT2D eigenvalue weighted by atomic mass is 32.1. The van der Waals surface area contributed by atoms with Crippen LogP contribution >= 0.6 is 11.3 Å². The number of hydrogen-bond donors (Lipinski definition) is 2. The molecule has 2 N–H and O–H groups in total. The molecule has 0 atom stereocenters. The molecule has 0 aliphatic rings. The number of nitrogens with zero attached hydrogens (tertiary/aromatic N) is 3. The van der Waals surface area contributed by atoms with Crippen LogP contribution in [-0.2, 0) is 0 Å². The highest BCUT2D eigenvalue weighted by molar-refractivity contribution is 7.13. The third kappa shape index (κ3) is 3.01. The van der Waals surface area contributed by atoms with E-state index in [0.717, 1.165) is 0 Å². The first-order chi connectivity index (χ1) is 9.61. The minimum absolute atomic E-state index is 0.00917. The molecule has 0 aliphatic carbocycles. The molecule has 0 bridgehead atoms. The Bertz CT molecular complexity index is 642. The molecule has 1 heterocycles. The number of nitro groups is 1. The van der Waals surface area contributed by atoms with Crippen LogP contribution in [-0.4, -0.2) is 28.3 Å². The van der Waals surface area contributed by atoms with E-state index < -0.39 is 16.4 Å². The smallest absolute Gasteiger partial charge is 0.315 e. The van der Waals surface area contributed by atoms with E-state index in [9.17, 15) is 15.2 Å². The molecule has 0 spiro atoms. The molecule has 1 aromatic carbocycles. The predicted octanol–water partition coefficient (Wildman–Crippen LogP) is 2.21. The molecule has 2 rings (SSSR count). The number of aromatic hydroxyl groups is 1. The van der Waals surface area contributed by atoms with Crippen molar-refractivity contribution in [3.63, 3.8) is 0 Å². The van der Waals surface area contributed by atoms with Crippen LogP contribution in [0.1, 0.15) is 5.56 Å². The summed E-state index contributed by atoms with van der Waals surface area (Å²) in [7, 11) is 1.31. The van der Waals surface area contributed by atoms with Gasteiger partial charge in [-0.1, -0.05) is 0 Å². The Morgan fingerprint density at radius 2 is 2.40 bits per heavy atom. The maximum absolute atomic E-state index is 10.8. The van der Waals surface area contributed by atoms with E-state index in [2.05, 4.69) is 15.5 Å². The molecule has 0 fully saturated rings. The lowest BCUT2D eigenvalue weighted by molar-refractivity contribution is -0.386. The van der Waals surface area contributed by atoms with Gasteiger partial charge in [0.05, 0.1) is 18.2 Å². The fourth-order valence-electron chi connectivity index (χ4n) is 1.42. The van der Waals surface area contributed by atoms with Gasteiger partial charge in [0.2, 0.25) is 10.9 Å². The second-order valence-electron chi connectivity index (χ2n) is 3.56. The molecule has 104 valence electrons. The molecule has 1 aromatic heterocycles. The van der Waals surface area contributed by atoms with Crippen LogP contribution in [0.3, 0.4) is 0 Å². The number of nitro benzene ring substituents is 1. The van der Waals surface area contributed by atoms with E-state index in [-0.39, 0.29) is 5.75 Å². The van der Waals surface area contributed by atoms with Crippen LogP contribution in [0.15, 0.2) is 28.8 Å². The highest BCUT2D eigenvalue weighted by Gasteiger charge is 2.19. The van der Waals surface area contributed by atoms with Crippen molar-refractivity contribution < 1.29 is 14.8 Å². The molecular formula is C11H10N4O4S. The fourth-order valence-corrected chi connectivity index (χ4v) is 1.90. The van der Waals surface area contributed by atoms with Gasteiger partial charge in [-0.05, 0) is 6.07 Å². The first-order valence-electron chi connectivity index (χ1n) is 5.35. The number of rotatable bonds is 5. The van der Waals surface area contributed by atoms with E-state index in [1.165, 1.54) is 36.8 Å². The SMILES string of the molecule is COc1cc(/C=N\Nc2nccs2)cc([N+](=O)[O-])c1O. The van der Waals surface area contributed by atoms with Gasteiger partial charge in [-0.2, -0.15) is 5.10 Å². The summed E-state index contributed by atoms with van der Waals surface area (Å²) in [6.07, 6.45) is 2.99. The van der Waals surface area contributed by atoms with Crippen LogP contribution in [0.2, 0.25) is 0 Å². The number of hydrogen-bond acceptors (Lipinski definition) is 8. The van der Waals surface area contributed by atoms with Crippen LogP contribution in [0.25, 0.3) is 0 Å². The number of benzene rings is 1.